The SMILES string of the molecule is O=S1(=O)CCCC(c2cc(F)ccc2F)c2cc(Cl)ccc21. The summed E-state index contributed by atoms with van der Waals surface area (Å²) in [6.45, 7) is 0. The summed E-state index contributed by atoms with van der Waals surface area (Å²) >= 11 is 5.98. The van der Waals surface area contributed by atoms with Gasteiger partial charge in [-0.05, 0) is 60.4 Å². The standard InChI is InChI=1S/C16H13ClF2O2S/c17-10-3-6-16-14(8-10)12(2-1-7-22(16,20)21)13-9-11(18)4-5-15(13)19/h3-6,8-9,12H,1-2,7H2. The highest BCUT2D eigenvalue weighted by Gasteiger charge is 2.30. The second-order valence-electron chi connectivity index (χ2n) is 5.36. The first-order chi connectivity index (χ1) is 10.4. The molecule has 116 valence electrons. The summed E-state index contributed by atoms with van der Waals surface area (Å²) in [7, 11) is -3.43. The molecule has 0 aliphatic carbocycles. The van der Waals surface area contributed by atoms with E-state index in [0.717, 1.165) is 18.2 Å². The summed E-state index contributed by atoms with van der Waals surface area (Å²) in [5.41, 5.74) is 0.607. The molecule has 2 nitrogen and oxygen atoms in total. The predicted octanol–water partition coefficient (Wildman–Crippen LogP) is 4.32. The molecule has 1 aliphatic rings. The van der Waals surface area contributed by atoms with Crippen molar-refractivity contribution in [3.05, 3.63) is 64.2 Å². The lowest BCUT2D eigenvalue weighted by molar-refractivity contribution is 0.563. The van der Waals surface area contributed by atoms with Gasteiger partial charge < -0.3 is 0 Å². The van der Waals surface area contributed by atoms with E-state index in [1.54, 1.807) is 0 Å². The Hall–Kier alpha value is -1.46. The first kappa shape index (κ1) is 15.4. The van der Waals surface area contributed by atoms with Crippen LogP contribution in [0.3, 0.4) is 0 Å². The van der Waals surface area contributed by atoms with Gasteiger partial charge in [0.15, 0.2) is 9.84 Å². The Kier molecular flexibility index (Phi) is 3.95. The van der Waals surface area contributed by atoms with Gasteiger partial charge in [-0.2, -0.15) is 0 Å². The van der Waals surface area contributed by atoms with Crippen molar-refractivity contribution in [2.45, 2.75) is 23.7 Å². The van der Waals surface area contributed by atoms with Gasteiger partial charge >= 0.3 is 0 Å². The maximum Gasteiger partial charge on any atom is 0.178 e. The summed E-state index contributed by atoms with van der Waals surface area (Å²) in [6, 6.07) is 7.72. The lowest BCUT2D eigenvalue weighted by Crippen LogP contribution is -2.08. The van der Waals surface area contributed by atoms with Crippen molar-refractivity contribution in [1.29, 1.82) is 0 Å². The fourth-order valence-corrected chi connectivity index (χ4v) is 4.71. The highest BCUT2D eigenvalue weighted by molar-refractivity contribution is 7.91. The van der Waals surface area contributed by atoms with Gasteiger partial charge in [0, 0.05) is 10.9 Å². The fraction of sp³-hybridized carbons (Fsp3) is 0.250. The molecule has 3 rings (SSSR count). The van der Waals surface area contributed by atoms with Crippen molar-refractivity contribution in [2.75, 3.05) is 5.75 Å². The molecule has 6 heteroatoms. The molecule has 0 N–H and O–H groups in total. The van der Waals surface area contributed by atoms with Crippen LogP contribution in [0.4, 0.5) is 8.78 Å². The number of hydrogen-bond acceptors (Lipinski definition) is 2. The van der Waals surface area contributed by atoms with Gasteiger partial charge in [0.25, 0.3) is 0 Å². The molecule has 0 bridgehead atoms. The zero-order valence-electron chi connectivity index (χ0n) is 11.5. The molecule has 0 amide bonds. The van der Waals surface area contributed by atoms with E-state index in [9.17, 15) is 17.2 Å². The van der Waals surface area contributed by atoms with Gasteiger partial charge in [-0.1, -0.05) is 11.6 Å². The number of benzene rings is 2. The molecule has 1 atom stereocenters. The zero-order valence-corrected chi connectivity index (χ0v) is 13.1. The molecule has 0 aromatic heterocycles. The molecular weight excluding hydrogens is 330 g/mol. The third-order valence-electron chi connectivity index (χ3n) is 3.92. The van der Waals surface area contributed by atoms with Crippen molar-refractivity contribution < 1.29 is 17.2 Å². The van der Waals surface area contributed by atoms with Gasteiger partial charge in [0.1, 0.15) is 11.6 Å². The van der Waals surface area contributed by atoms with Crippen LogP contribution in [-0.4, -0.2) is 14.2 Å². The van der Waals surface area contributed by atoms with Crippen molar-refractivity contribution in [1.82, 2.24) is 0 Å². The maximum atomic E-state index is 14.1. The summed E-state index contributed by atoms with van der Waals surface area (Å²) in [5.74, 6) is -1.62. The van der Waals surface area contributed by atoms with Crippen LogP contribution in [-0.2, 0) is 9.84 Å². The van der Waals surface area contributed by atoms with Crippen LogP contribution in [0, 0.1) is 11.6 Å². The van der Waals surface area contributed by atoms with Crippen molar-refractivity contribution in [3.8, 4) is 0 Å². The van der Waals surface area contributed by atoms with Crippen LogP contribution in [0.1, 0.15) is 29.9 Å². The highest BCUT2D eigenvalue weighted by atomic mass is 35.5. The topological polar surface area (TPSA) is 34.1 Å². The summed E-state index contributed by atoms with van der Waals surface area (Å²) in [5, 5.41) is 0.373. The smallest absolute Gasteiger partial charge is 0.178 e. The molecule has 1 aliphatic heterocycles. The lowest BCUT2D eigenvalue weighted by Gasteiger charge is -2.18. The van der Waals surface area contributed by atoms with Crippen LogP contribution in [0.2, 0.25) is 5.02 Å². The number of fused-ring (bicyclic) bond motifs is 1. The van der Waals surface area contributed by atoms with E-state index >= 15 is 0 Å². The van der Waals surface area contributed by atoms with Crippen LogP contribution >= 0.6 is 11.6 Å². The molecule has 2 aromatic carbocycles. The monoisotopic (exact) mass is 342 g/mol. The number of hydrogen-bond donors (Lipinski definition) is 0. The third kappa shape index (κ3) is 2.75. The number of sulfone groups is 1. The van der Waals surface area contributed by atoms with Gasteiger partial charge in [-0.15, -0.1) is 0 Å². The van der Waals surface area contributed by atoms with Crippen molar-refractivity contribution in [3.63, 3.8) is 0 Å². The third-order valence-corrected chi connectivity index (χ3v) is 6.02. The summed E-state index contributed by atoms with van der Waals surface area (Å²) in [4.78, 5) is 0.156. The molecule has 2 aromatic rings. The Morgan fingerprint density at radius 2 is 1.82 bits per heavy atom. The Balaban J connectivity index is 2.25. The average Bonchev–Trinajstić information content (AvgIpc) is 2.58. The molecular formula is C16H13ClF2O2S. The van der Waals surface area contributed by atoms with E-state index < -0.39 is 27.4 Å². The van der Waals surface area contributed by atoms with E-state index in [-0.39, 0.29) is 16.2 Å². The normalized spacial score (nSPS) is 20.2. The largest absolute Gasteiger partial charge is 0.224 e. The van der Waals surface area contributed by atoms with Crippen LogP contribution in [0.5, 0.6) is 0 Å². The Morgan fingerprint density at radius 3 is 2.59 bits per heavy atom. The average molecular weight is 343 g/mol. The number of halogens is 3. The van der Waals surface area contributed by atoms with Gasteiger partial charge in [-0.25, -0.2) is 17.2 Å². The predicted molar refractivity (Wildman–Crippen MR) is 80.9 cm³/mol. The van der Waals surface area contributed by atoms with Crippen LogP contribution in [0.15, 0.2) is 41.3 Å². The second kappa shape index (κ2) is 5.63. The maximum absolute atomic E-state index is 14.1. The Morgan fingerprint density at radius 1 is 1.05 bits per heavy atom. The first-order valence-electron chi connectivity index (χ1n) is 6.85. The van der Waals surface area contributed by atoms with Crippen LogP contribution < -0.4 is 0 Å². The van der Waals surface area contributed by atoms with Crippen LogP contribution in [0.25, 0.3) is 0 Å². The molecule has 0 spiro atoms. The Labute approximate surface area is 132 Å². The fourth-order valence-electron chi connectivity index (χ4n) is 2.92. The minimum absolute atomic E-state index is 0.00489. The highest BCUT2D eigenvalue weighted by Crippen LogP contribution is 2.39. The van der Waals surface area contributed by atoms with Gasteiger partial charge in [0.2, 0.25) is 0 Å². The molecule has 0 saturated carbocycles. The van der Waals surface area contributed by atoms with Gasteiger partial charge in [-0.3, -0.25) is 0 Å². The molecule has 1 heterocycles. The minimum atomic E-state index is -3.43. The van der Waals surface area contributed by atoms with E-state index in [1.165, 1.54) is 18.2 Å². The minimum Gasteiger partial charge on any atom is -0.224 e. The summed E-state index contributed by atoms with van der Waals surface area (Å²) < 4.78 is 52.3. The second-order valence-corrected chi connectivity index (χ2v) is 7.88. The van der Waals surface area contributed by atoms with Crippen molar-refractivity contribution in [2.24, 2.45) is 0 Å². The van der Waals surface area contributed by atoms with E-state index in [4.69, 9.17) is 11.6 Å². The van der Waals surface area contributed by atoms with Crippen molar-refractivity contribution >= 4 is 21.4 Å². The molecule has 0 fully saturated rings. The summed E-state index contributed by atoms with van der Waals surface area (Å²) in [6.07, 6.45) is 0.808. The number of rotatable bonds is 1. The van der Waals surface area contributed by atoms with E-state index in [2.05, 4.69) is 0 Å². The van der Waals surface area contributed by atoms with E-state index in [1.807, 2.05) is 0 Å². The molecule has 0 radical (unpaired) electrons. The van der Waals surface area contributed by atoms with Gasteiger partial charge in [0.05, 0.1) is 10.6 Å². The molecule has 0 saturated heterocycles. The lowest BCUT2D eigenvalue weighted by atomic mass is 9.87. The molecule has 22 heavy (non-hydrogen) atoms. The first-order valence-corrected chi connectivity index (χ1v) is 8.88. The molecule has 1 unspecified atom stereocenters. The Bertz CT molecular complexity index is 834. The van der Waals surface area contributed by atoms with E-state index in [0.29, 0.717) is 23.4 Å². The quantitative estimate of drug-likeness (QED) is 0.773. The zero-order chi connectivity index (χ0) is 15.9.